The summed E-state index contributed by atoms with van der Waals surface area (Å²) in [4.78, 5) is 8.97. The van der Waals surface area contributed by atoms with Gasteiger partial charge in [-0.15, -0.1) is 0 Å². The van der Waals surface area contributed by atoms with Crippen LogP contribution < -0.4 is 0 Å². The maximum atomic E-state index is 11.9. The minimum atomic E-state index is -3.25. The molecule has 2 aromatic rings. The Bertz CT molecular complexity index is 742. The van der Waals surface area contributed by atoms with Crippen LogP contribution in [0.5, 0.6) is 0 Å². The molecule has 0 radical (unpaired) electrons. The third-order valence-corrected chi connectivity index (χ3v) is 4.86. The number of rotatable bonds is 3. The lowest BCUT2D eigenvalue weighted by atomic mass is 10.2. The Hall–Kier alpha value is -1.80. The topological polar surface area (TPSA) is 91.8 Å². The van der Waals surface area contributed by atoms with Gasteiger partial charge in [-0.1, -0.05) is 0 Å². The molecule has 7 nitrogen and oxygen atoms in total. The highest BCUT2D eigenvalue weighted by molar-refractivity contribution is 7.88. The summed E-state index contributed by atoms with van der Waals surface area (Å²) < 4.78 is 25.2. The fourth-order valence-corrected chi connectivity index (χ4v) is 3.79. The average molecular weight is 307 g/mol. The third kappa shape index (κ3) is 2.81. The quantitative estimate of drug-likeness (QED) is 0.922. The Morgan fingerprint density at radius 2 is 2.19 bits per heavy atom. The number of nitrogens with one attached hydrogen (secondary N) is 1. The van der Waals surface area contributed by atoms with Gasteiger partial charge >= 0.3 is 0 Å². The number of hydrogen-bond acceptors (Lipinski definition) is 5. The van der Waals surface area contributed by atoms with Gasteiger partial charge in [0.25, 0.3) is 0 Å². The molecule has 1 fully saturated rings. The number of sulfonamides is 1. The molecule has 3 rings (SSSR count). The minimum Gasteiger partial charge on any atom is -0.276 e. The van der Waals surface area contributed by atoms with E-state index in [0.29, 0.717) is 12.4 Å². The van der Waals surface area contributed by atoms with E-state index < -0.39 is 10.0 Å². The molecule has 0 bridgehead atoms. The van der Waals surface area contributed by atoms with Crippen molar-refractivity contribution in [2.75, 3.05) is 12.8 Å². The van der Waals surface area contributed by atoms with Crippen LogP contribution in [0, 0.1) is 6.92 Å². The van der Waals surface area contributed by atoms with Crippen molar-refractivity contribution >= 4 is 10.0 Å². The van der Waals surface area contributed by atoms with Gasteiger partial charge in [0.05, 0.1) is 23.7 Å². The molecule has 21 heavy (non-hydrogen) atoms. The van der Waals surface area contributed by atoms with E-state index in [1.165, 1.54) is 10.6 Å². The van der Waals surface area contributed by atoms with Gasteiger partial charge in [0.2, 0.25) is 10.0 Å². The van der Waals surface area contributed by atoms with E-state index in [0.717, 1.165) is 29.9 Å². The highest BCUT2D eigenvalue weighted by atomic mass is 32.2. The van der Waals surface area contributed by atoms with Gasteiger partial charge in [-0.25, -0.2) is 18.4 Å². The zero-order chi connectivity index (χ0) is 15.0. The molecular formula is C13H17N5O2S. The van der Waals surface area contributed by atoms with Crippen LogP contribution in [0.2, 0.25) is 0 Å². The predicted octanol–water partition coefficient (Wildman–Crippen LogP) is 1.27. The molecule has 0 unspecified atom stereocenters. The third-order valence-electron chi connectivity index (χ3n) is 3.58. The summed E-state index contributed by atoms with van der Waals surface area (Å²) in [6.07, 6.45) is 4.47. The molecule has 1 saturated heterocycles. The van der Waals surface area contributed by atoms with E-state index >= 15 is 0 Å². The Balaban J connectivity index is 2.03. The van der Waals surface area contributed by atoms with E-state index in [9.17, 15) is 8.42 Å². The van der Waals surface area contributed by atoms with Crippen LogP contribution in [0.1, 0.15) is 30.4 Å². The Labute approximate surface area is 123 Å². The van der Waals surface area contributed by atoms with E-state index in [1.807, 2.05) is 19.1 Å². The van der Waals surface area contributed by atoms with E-state index in [-0.39, 0.29) is 6.04 Å². The van der Waals surface area contributed by atoms with Crippen molar-refractivity contribution in [2.45, 2.75) is 25.8 Å². The Morgan fingerprint density at radius 3 is 2.86 bits per heavy atom. The van der Waals surface area contributed by atoms with Gasteiger partial charge in [0.1, 0.15) is 5.82 Å². The van der Waals surface area contributed by atoms with Crippen molar-refractivity contribution in [3.8, 4) is 11.4 Å². The van der Waals surface area contributed by atoms with Gasteiger partial charge in [0.15, 0.2) is 0 Å². The SMILES string of the molecule is Cc1cc(-c2ccn[nH]2)nc([C@@H]2CCCN2S(C)(=O)=O)n1. The number of aromatic nitrogens is 4. The number of aromatic amines is 1. The zero-order valence-electron chi connectivity index (χ0n) is 11.9. The van der Waals surface area contributed by atoms with Crippen LogP contribution in [-0.4, -0.2) is 45.7 Å². The van der Waals surface area contributed by atoms with E-state index in [4.69, 9.17) is 0 Å². The molecule has 3 heterocycles. The molecule has 1 aliphatic rings. The molecule has 0 saturated carbocycles. The largest absolute Gasteiger partial charge is 0.276 e. The lowest BCUT2D eigenvalue weighted by Crippen LogP contribution is -2.30. The van der Waals surface area contributed by atoms with E-state index in [1.54, 1.807) is 6.20 Å². The average Bonchev–Trinajstić information content (AvgIpc) is 3.09. The van der Waals surface area contributed by atoms with Crippen molar-refractivity contribution in [3.63, 3.8) is 0 Å². The molecule has 0 spiro atoms. The van der Waals surface area contributed by atoms with Gasteiger partial charge < -0.3 is 0 Å². The summed E-state index contributed by atoms with van der Waals surface area (Å²) in [6.45, 7) is 2.41. The molecule has 0 aromatic carbocycles. The summed E-state index contributed by atoms with van der Waals surface area (Å²) in [5.74, 6) is 0.558. The highest BCUT2D eigenvalue weighted by Crippen LogP contribution is 2.32. The van der Waals surface area contributed by atoms with Crippen molar-refractivity contribution < 1.29 is 8.42 Å². The first kappa shape index (κ1) is 14.2. The van der Waals surface area contributed by atoms with Crippen LogP contribution in [0.4, 0.5) is 0 Å². The van der Waals surface area contributed by atoms with Gasteiger partial charge in [-0.2, -0.15) is 9.40 Å². The molecule has 112 valence electrons. The molecule has 1 atom stereocenters. The molecule has 8 heteroatoms. The van der Waals surface area contributed by atoms with Gasteiger partial charge in [-0.3, -0.25) is 5.10 Å². The Kier molecular flexibility index (Phi) is 3.50. The second kappa shape index (κ2) is 5.19. The molecule has 0 amide bonds. The molecule has 2 aromatic heterocycles. The predicted molar refractivity (Wildman–Crippen MR) is 77.9 cm³/mol. The van der Waals surface area contributed by atoms with Crippen LogP contribution in [0.3, 0.4) is 0 Å². The van der Waals surface area contributed by atoms with Crippen molar-refractivity contribution in [3.05, 3.63) is 29.8 Å². The zero-order valence-corrected chi connectivity index (χ0v) is 12.8. The second-order valence-electron chi connectivity index (χ2n) is 5.25. The summed E-state index contributed by atoms with van der Waals surface area (Å²) in [6, 6.07) is 3.41. The summed E-state index contributed by atoms with van der Waals surface area (Å²) in [5, 5.41) is 6.79. The fourth-order valence-electron chi connectivity index (χ4n) is 2.67. The smallest absolute Gasteiger partial charge is 0.211 e. The summed E-state index contributed by atoms with van der Waals surface area (Å²) >= 11 is 0. The van der Waals surface area contributed by atoms with Crippen LogP contribution in [0.25, 0.3) is 11.4 Å². The summed E-state index contributed by atoms with van der Waals surface area (Å²) in [5.41, 5.74) is 2.34. The molecule has 1 N–H and O–H groups in total. The van der Waals surface area contributed by atoms with Crippen molar-refractivity contribution in [1.29, 1.82) is 0 Å². The first-order valence-corrected chi connectivity index (χ1v) is 8.62. The van der Waals surface area contributed by atoms with Crippen LogP contribution in [0.15, 0.2) is 18.3 Å². The number of H-pyrrole nitrogens is 1. The standard InChI is InChI=1S/C13H17N5O2S/c1-9-8-11(10-5-6-14-17-10)16-13(15-9)12-4-3-7-18(12)21(2,19)20/h5-6,8,12H,3-4,7H2,1-2H3,(H,14,17)/t12-/m0/s1. The van der Waals surface area contributed by atoms with Crippen molar-refractivity contribution in [2.24, 2.45) is 0 Å². The molecule has 0 aliphatic carbocycles. The maximum Gasteiger partial charge on any atom is 0.211 e. The molecular weight excluding hydrogens is 290 g/mol. The van der Waals surface area contributed by atoms with Crippen LogP contribution in [-0.2, 0) is 10.0 Å². The van der Waals surface area contributed by atoms with Crippen LogP contribution >= 0.6 is 0 Å². The second-order valence-corrected chi connectivity index (χ2v) is 7.19. The van der Waals surface area contributed by atoms with Gasteiger partial charge in [0, 0.05) is 18.4 Å². The van der Waals surface area contributed by atoms with Crippen molar-refractivity contribution in [1.82, 2.24) is 24.5 Å². The summed E-state index contributed by atoms with van der Waals surface area (Å²) in [7, 11) is -3.25. The first-order chi connectivity index (χ1) is 9.95. The van der Waals surface area contributed by atoms with Gasteiger partial charge in [-0.05, 0) is 31.9 Å². The highest BCUT2D eigenvalue weighted by Gasteiger charge is 2.34. The first-order valence-electron chi connectivity index (χ1n) is 6.77. The lowest BCUT2D eigenvalue weighted by molar-refractivity contribution is 0.386. The fraction of sp³-hybridized carbons (Fsp3) is 0.462. The number of nitrogens with zero attached hydrogens (tertiary/aromatic N) is 4. The normalized spacial score (nSPS) is 20.0. The number of aryl methyl sites for hydroxylation is 1. The van der Waals surface area contributed by atoms with E-state index in [2.05, 4.69) is 20.2 Å². The molecule has 1 aliphatic heterocycles. The Morgan fingerprint density at radius 1 is 1.38 bits per heavy atom. The number of hydrogen-bond donors (Lipinski definition) is 1. The minimum absolute atomic E-state index is 0.276. The maximum absolute atomic E-state index is 11.9. The lowest BCUT2D eigenvalue weighted by Gasteiger charge is -2.21. The monoisotopic (exact) mass is 307 g/mol.